The van der Waals surface area contributed by atoms with Gasteiger partial charge in [0.25, 0.3) is 5.91 Å². The molecule has 1 N–H and O–H groups in total. The van der Waals surface area contributed by atoms with Crippen LogP contribution in [0.4, 0.5) is 5.13 Å². The van der Waals surface area contributed by atoms with Gasteiger partial charge in [0, 0.05) is 10.9 Å². The third-order valence-electron chi connectivity index (χ3n) is 5.20. The van der Waals surface area contributed by atoms with Crippen LogP contribution in [0.2, 0.25) is 0 Å². The van der Waals surface area contributed by atoms with Gasteiger partial charge in [0.1, 0.15) is 0 Å². The van der Waals surface area contributed by atoms with Crippen LogP contribution in [0.3, 0.4) is 0 Å². The quantitative estimate of drug-likeness (QED) is 0.325. The summed E-state index contributed by atoms with van der Waals surface area (Å²) in [4.78, 5) is 28.9. The lowest BCUT2D eigenvalue weighted by Gasteiger charge is -2.08. The van der Waals surface area contributed by atoms with Gasteiger partial charge in [0.2, 0.25) is 0 Å². The van der Waals surface area contributed by atoms with Crippen LogP contribution in [-0.4, -0.2) is 37.7 Å². The van der Waals surface area contributed by atoms with Crippen molar-refractivity contribution in [3.05, 3.63) is 83.7 Å². The highest BCUT2D eigenvalue weighted by Crippen LogP contribution is 2.33. The van der Waals surface area contributed by atoms with E-state index in [-0.39, 0.29) is 13.0 Å². The first-order valence-corrected chi connectivity index (χ1v) is 11.7. The van der Waals surface area contributed by atoms with Crippen molar-refractivity contribution in [2.45, 2.75) is 6.42 Å². The van der Waals surface area contributed by atoms with Crippen molar-refractivity contribution in [2.24, 2.45) is 0 Å². The van der Waals surface area contributed by atoms with Crippen LogP contribution in [0.5, 0.6) is 11.5 Å². The normalized spacial score (nSPS) is 10.5. The van der Waals surface area contributed by atoms with E-state index in [2.05, 4.69) is 10.3 Å². The zero-order valence-corrected chi connectivity index (χ0v) is 20.1. The number of ether oxygens (including phenoxy) is 3. The summed E-state index contributed by atoms with van der Waals surface area (Å²) in [6.07, 6.45) is 0.0864. The molecule has 3 aromatic carbocycles. The zero-order valence-electron chi connectivity index (χ0n) is 19.3. The molecule has 8 heteroatoms. The molecule has 0 saturated heterocycles. The first-order valence-electron chi connectivity index (χ1n) is 10.8. The molecule has 1 aromatic heterocycles. The van der Waals surface area contributed by atoms with E-state index in [1.165, 1.54) is 11.3 Å². The Morgan fingerprint density at radius 2 is 1.54 bits per heavy atom. The molecule has 0 atom stereocenters. The summed E-state index contributed by atoms with van der Waals surface area (Å²) >= 11 is 1.28. The van der Waals surface area contributed by atoms with Crippen molar-refractivity contribution in [3.8, 4) is 33.9 Å². The summed E-state index contributed by atoms with van der Waals surface area (Å²) in [5.41, 5.74) is 4.49. The molecule has 0 fully saturated rings. The van der Waals surface area contributed by atoms with Gasteiger partial charge in [-0.15, -0.1) is 11.3 Å². The first-order chi connectivity index (χ1) is 17.1. The molecule has 4 aromatic rings. The number of hydrogen-bond acceptors (Lipinski definition) is 7. The number of nitrogens with zero attached hydrogens (tertiary/aromatic N) is 1. The van der Waals surface area contributed by atoms with Gasteiger partial charge in [-0.3, -0.25) is 14.9 Å². The standard InChI is InChI=1S/C27H24N2O5S/c1-32-23-13-12-21(15-24(23)33-2)22-17-35-27(28-22)29-25(30)16-34-26(31)14-18-8-10-20(11-9-18)19-6-4-3-5-7-19/h3-13,15,17H,14,16H2,1-2H3,(H,28,29,30). The summed E-state index contributed by atoms with van der Waals surface area (Å²) < 4.78 is 15.7. The number of rotatable bonds is 9. The van der Waals surface area contributed by atoms with Gasteiger partial charge in [-0.1, -0.05) is 54.6 Å². The minimum atomic E-state index is -0.474. The molecule has 0 spiro atoms. The van der Waals surface area contributed by atoms with Gasteiger partial charge in [-0.25, -0.2) is 4.98 Å². The Morgan fingerprint density at radius 1 is 0.857 bits per heavy atom. The van der Waals surface area contributed by atoms with Crippen molar-refractivity contribution < 1.29 is 23.8 Å². The summed E-state index contributed by atoms with van der Waals surface area (Å²) in [6, 6.07) is 23.1. The molecule has 178 valence electrons. The zero-order chi connectivity index (χ0) is 24.6. The highest BCUT2D eigenvalue weighted by molar-refractivity contribution is 7.14. The van der Waals surface area contributed by atoms with Gasteiger partial charge < -0.3 is 14.2 Å². The summed E-state index contributed by atoms with van der Waals surface area (Å²) in [7, 11) is 3.14. The fourth-order valence-corrected chi connectivity index (χ4v) is 4.16. The number of aromatic nitrogens is 1. The average molecular weight is 489 g/mol. The Morgan fingerprint density at radius 3 is 2.26 bits per heavy atom. The second kappa shape index (κ2) is 11.3. The van der Waals surface area contributed by atoms with Crippen LogP contribution in [-0.2, 0) is 20.7 Å². The Hall–Kier alpha value is -4.17. The maximum absolute atomic E-state index is 12.2. The number of benzene rings is 3. The van der Waals surface area contributed by atoms with Crippen LogP contribution in [0.25, 0.3) is 22.4 Å². The Labute approximate surface area is 207 Å². The molecule has 0 radical (unpaired) electrons. The largest absolute Gasteiger partial charge is 0.493 e. The van der Waals surface area contributed by atoms with Gasteiger partial charge >= 0.3 is 5.97 Å². The maximum Gasteiger partial charge on any atom is 0.310 e. The number of carbonyl (C=O) groups is 2. The number of carbonyl (C=O) groups excluding carboxylic acids is 2. The topological polar surface area (TPSA) is 86.8 Å². The fraction of sp³-hybridized carbons (Fsp3) is 0.148. The molecule has 4 rings (SSSR count). The van der Waals surface area contributed by atoms with Crippen molar-refractivity contribution in [1.82, 2.24) is 4.98 Å². The van der Waals surface area contributed by atoms with E-state index in [0.29, 0.717) is 22.3 Å². The van der Waals surface area contributed by atoms with Crippen LogP contribution >= 0.6 is 11.3 Å². The number of esters is 1. The number of anilines is 1. The molecule has 0 bridgehead atoms. The fourth-order valence-electron chi connectivity index (χ4n) is 3.42. The number of nitrogens with one attached hydrogen (secondary N) is 1. The van der Waals surface area contributed by atoms with E-state index in [1.807, 2.05) is 72.1 Å². The minimum Gasteiger partial charge on any atom is -0.493 e. The van der Waals surface area contributed by atoms with Crippen LogP contribution in [0.15, 0.2) is 78.2 Å². The first kappa shape index (κ1) is 24.0. The molecular weight excluding hydrogens is 464 g/mol. The lowest BCUT2D eigenvalue weighted by molar-refractivity contribution is -0.146. The van der Waals surface area contributed by atoms with Crippen molar-refractivity contribution in [3.63, 3.8) is 0 Å². The third-order valence-corrected chi connectivity index (χ3v) is 5.96. The molecular formula is C27H24N2O5S. The third kappa shape index (κ3) is 6.24. The lowest BCUT2D eigenvalue weighted by Crippen LogP contribution is -2.21. The molecule has 0 aliphatic heterocycles. The minimum absolute atomic E-state index is 0.0864. The highest BCUT2D eigenvalue weighted by atomic mass is 32.1. The summed E-state index contributed by atoms with van der Waals surface area (Å²) in [6.45, 7) is -0.383. The number of amides is 1. The molecule has 0 aliphatic carbocycles. The van der Waals surface area contributed by atoms with Crippen LogP contribution < -0.4 is 14.8 Å². The molecule has 7 nitrogen and oxygen atoms in total. The summed E-state index contributed by atoms with van der Waals surface area (Å²) in [5.74, 6) is 0.280. The van der Waals surface area contributed by atoms with Crippen molar-refractivity contribution in [2.75, 3.05) is 26.1 Å². The van der Waals surface area contributed by atoms with E-state index in [4.69, 9.17) is 14.2 Å². The second-order valence-corrected chi connectivity index (χ2v) is 8.41. The molecule has 0 unspecified atom stereocenters. The van der Waals surface area contributed by atoms with Gasteiger partial charge in [0.15, 0.2) is 23.2 Å². The van der Waals surface area contributed by atoms with Crippen molar-refractivity contribution in [1.29, 1.82) is 0 Å². The smallest absolute Gasteiger partial charge is 0.310 e. The van der Waals surface area contributed by atoms with Gasteiger partial charge in [-0.2, -0.15) is 0 Å². The SMILES string of the molecule is COc1ccc(-c2csc(NC(=O)COC(=O)Cc3ccc(-c4ccccc4)cc3)n2)cc1OC. The van der Waals surface area contributed by atoms with Gasteiger partial charge in [0.05, 0.1) is 26.3 Å². The Bertz CT molecular complexity index is 1300. The highest BCUT2D eigenvalue weighted by Gasteiger charge is 2.13. The number of methoxy groups -OCH3 is 2. The van der Waals surface area contributed by atoms with E-state index in [9.17, 15) is 9.59 Å². The number of thiazole rings is 1. The predicted octanol–water partition coefficient (Wildman–Crippen LogP) is 5.22. The second-order valence-electron chi connectivity index (χ2n) is 7.56. The van der Waals surface area contributed by atoms with E-state index < -0.39 is 11.9 Å². The lowest BCUT2D eigenvalue weighted by atomic mass is 10.0. The van der Waals surface area contributed by atoms with E-state index in [0.717, 1.165) is 22.3 Å². The maximum atomic E-state index is 12.2. The molecule has 1 heterocycles. The van der Waals surface area contributed by atoms with E-state index in [1.54, 1.807) is 20.3 Å². The van der Waals surface area contributed by atoms with Crippen LogP contribution in [0, 0.1) is 0 Å². The molecule has 1 amide bonds. The van der Waals surface area contributed by atoms with Crippen LogP contribution in [0.1, 0.15) is 5.56 Å². The predicted molar refractivity (Wildman–Crippen MR) is 136 cm³/mol. The monoisotopic (exact) mass is 488 g/mol. The molecule has 35 heavy (non-hydrogen) atoms. The molecule has 0 saturated carbocycles. The van der Waals surface area contributed by atoms with E-state index >= 15 is 0 Å². The Balaban J connectivity index is 1.27. The summed E-state index contributed by atoms with van der Waals surface area (Å²) in [5, 5.41) is 4.89. The average Bonchev–Trinajstić information content (AvgIpc) is 3.36. The number of hydrogen-bond donors (Lipinski definition) is 1. The van der Waals surface area contributed by atoms with Gasteiger partial charge in [-0.05, 0) is 34.9 Å². The Kier molecular flexibility index (Phi) is 7.74. The molecule has 0 aliphatic rings. The van der Waals surface area contributed by atoms with Crippen molar-refractivity contribution >= 4 is 28.3 Å².